The third-order valence-corrected chi connectivity index (χ3v) is 6.40. The molecular weight excluding hydrogens is 440 g/mol. The van der Waals surface area contributed by atoms with Crippen LogP contribution in [0.25, 0.3) is 11.1 Å². The Balaban J connectivity index is 1.84. The van der Waals surface area contributed by atoms with E-state index in [0.717, 1.165) is 46.4 Å². The Labute approximate surface area is 176 Å². The quantitative estimate of drug-likeness (QED) is 0.375. The highest BCUT2D eigenvalue weighted by molar-refractivity contribution is 9.08. The summed E-state index contributed by atoms with van der Waals surface area (Å²) in [5.41, 5.74) is 5.72. The summed E-state index contributed by atoms with van der Waals surface area (Å²) in [6, 6.07) is 10.4. The number of rotatable bonds is 9. The molecule has 1 aliphatic rings. The maximum Gasteiger partial charge on any atom is 0.147 e. The fourth-order valence-electron chi connectivity index (χ4n) is 3.27. The van der Waals surface area contributed by atoms with Gasteiger partial charge in [-0.25, -0.2) is 8.42 Å². The third kappa shape index (κ3) is 5.74. The number of hydrogen-bond acceptors (Lipinski definition) is 4. The summed E-state index contributed by atoms with van der Waals surface area (Å²) in [4.78, 5) is 0. The summed E-state index contributed by atoms with van der Waals surface area (Å²) < 4.78 is 34.5. The number of benzene rings is 2. The highest BCUT2D eigenvalue weighted by Gasteiger charge is 2.25. The van der Waals surface area contributed by atoms with Gasteiger partial charge in [0.15, 0.2) is 0 Å². The van der Waals surface area contributed by atoms with Gasteiger partial charge < -0.3 is 9.47 Å². The molecule has 4 nitrogen and oxygen atoms in total. The predicted molar refractivity (Wildman–Crippen MR) is 117 cm³/mol. The lowest BCUT2D eigenvalue weighted by Gasteiger charge is -2.18. The van der Waals surface area contributed by atoms with Crippen molar-refractivity contribution in [3.8, 4) is 22.6 Å². The molecule has 6 heteroatoms. The number of hydrogen-bond donors (Lipinski definition) is 0. The van der Waals surface area contributed by atoms with Gasteiger partial charge in [-0.1, -0.05) is 22.0 Å². The maximum absolute atomic E-state index is 11.2. The van der Waals surface area contributed by atoms with Crippen LogP contribution in [-0.2, 0) is 15.2 Å². The van der Waals surface area contributed by atoms with Gasteiger partial charge in [0.1, 0.15) is 21.3 Å². The van der Waals surface area contributed by atoms with Crippen molar-refractivity contribution in [3.63, 3.8) is 0 Å². The minimum atomic E-state index is -2.95. The molecule has 1 aliphatic carbocycles. The molecule has 2 aromatic rings. The zero-order valence-electron chi connectivity index (χ0n) is 16.6. The molecule has 0 aromatic heterocycles. The molecule has 152 valence electrons. The molecule has 3 rings (SSSR count). The average molecular weight is 467 g/mol. The molecule has 0 spiro atoms. The Morgan fingerprint density at radius 1 is 1.11 bits per heavy atom. The normalized spacial score (nSPS) is 14.1. The van der Waals surface area contributed by atoms with Gasteiger partial charge in [0.25, 0.3) is 0 Å². The van der Waals surface area contributed by atoms with Gasteiger partial charge in [0.2, 0.25) is 0 Å². The van der Waals surface area contributed by atoms with Crippen LogP contribution in [0.2, 0.25) is 0 Å². The van der Waals surface area contributed by atoms with E-state index in [0.29, 0.717) is 19.1 Å². The second kappa shape index (κ2) is 8.87. The van der Waals surface area contributed by atoms with Crippen LogP contribution in [-0.4, -0.2) is 33.1 Å². The predicted octanol–water partition coefficient (Wildman–Crippen LogP) is 5.22. The van der Waals surface area contributed by atoms with Gasteiger partial charge in [-0.05, 0) is 79.6 Å². The van der Waals surface area contributed by atoms with E-state index in [2.05, 4.69) is 48.0 Å². The lowest BCUT2D eigenvalue weighted by molar-refractivity contribution is 0.304. The first-order valence-electron chi connectivity index (χ1n) is 9.54. The van der Waals surface area contributed by atoms with E-state index in [1.807, 2.05) is 12.1 Å². The highest BCUT2D eigenvalue weighted by atomic mass is 79.9. The van der Waals surface area contributed by atoms with Gasteiger partial charge >= 0.3 is 0 Å². The summed E-state index contributed by atoms with van der Waals surface area (Å²) in [6.07, 6.45) is 4.33. The Morgan fingerprint density at radius 3 is 2.36 bits per heavy atom. The second-order valence-electron chi connectivity index (χ2n) is 7.55. The smallest absolute Gasteiger partial charge is 0.147 e. The van der Waals surface area contributed by atoms with Gasteiger partial charge in [0, 0.05) is 17.1 Å². The minimum absolute atomic E-state index is 0.143. The van der Waals surface area contributed by atoms with Crippen LogP contribution in [0.5, 0.6) is 11.5 Å². The van der Waals surface area contributed by atoms with Gasteiger partial charge in [0.05, 0.1) is 18.5 Å². The SMILES string of the molecule is Cc1cc(OCCCS(C)(=O)=O)cc(C)c1-c1cc(CBr)ccc1OC1CC1. The molecule has 0 radical (unpaired) electrons. The number of aryl methyl sites for hydroxylation is 2. The molecule has 0 amide bonds. The molecule has 0 heterocycles. The van der Waals surface area contributed by atoms with Crippen molar-refractivity contribution in [2.75, 3.05) is 18.6 Å². The van der Waals surface area contributed by atoms with Crippen molar-refractivity contribution in [1.82, 2.24) is 0 Å². The standard InChI is InChI=1S/C22H27BrO4S/c1-15-11-19(26-9-4-10-28(3,24)25)12-16(2)22(15)20-13-17(14-23)5-8-21(20)27-18-6-7-18/h5,8,11-13,18H,4,6-7,9-10,14H2,1-3H3. The summed E-state index contributed by atoms with van der Waals surface area (Å²) >= 11 is 3.55. The first-order chi connectivity index (χ1) is 13.3. The first-order valence-corrected chi connectivity index (χ1v) is 12.7. The van der Waals surface area contributed by atoms with Crippen LogP contribution < -0.4 is 9.47 Å². The molecule has 0 bridgehead atoms. The lowest BCUT2D eigenvalue weighted by Crippen LogP contribution is -2.08. The summed E-state index contributed by atoms with van der Waals surface area (Å²) in [5, 5.41) is 0.795. The van der Waals surface area contributed by atoms with E-state index in [9.17, 15) is 8.42 Å². The van der Waals surface area contributed by atoms with E-state index in [1.165, 1.54) is 17.4 Å². The van der Waals surface area contributed by atoms with Crippen molar-refractivity contribution in [2.24, 2.45) is 0 Å². The Morgan fingerprint density at radius 2 is 1.79 bits per heavy atom. The first kappa shape index (κ1) is 21.2. The molecule has 0 aliphatic heterocycles. The van der Waals surface area contributed by atoms with Crippen molar-refractivity contribution < 1.29 is 17.9 Å². The topological polar surface area (TPSA) is 52.6 Å². The van der Waals surface area contributed by atoms with Gasteiger partial charge in [-0.15, -0.1) is 0 Å². The Bertz CT molecular complexity index is 926. The number of ether oxygens (including phenoxy) is 2. The molecule has 0 N–H and O–H groups in total. The summed E-state index contributed by atoms with van der Waals surface area (Å²) in [6.45, 7) is 4.54. The van der Waals surface area contributed by atoms with E-state index in [1.54, 1.807) is 0 Å². The molecule has 0 saturated heterocycles. The summed E-state index contributed by atoms with van der Waals surface area (Å²) in [7, 11) is -2.95. The Kier molecular flexibility index (Phi) is 6.71. The largest absolute Gasteiger partial charge is 0.494 e. The zero-order chi connectivity index (χ0) is 20.3. The average Bonchev–Trinajstić information content (AvgIpc) is 3.43. The van der Waals surface area contributed by atoms with Crippen LogP contribution in [0.4, 0.5) is 0 Å². The van der Waals surface area contributed by atoms with Gasteiger partial charge in [-0.2, -0.15) is 0 Å². The number of halogens is 1. The minimum Gasteiger partial charge on any atom is -0.494 e. The van der Waals surface area contributed by atoms with Crippen LogP contribution in [0.1, 0.15) is 36.0 Å². The van der Waals surface area contributed by atoms with Crippen molar-refractivity contribution in [3.05, 3.63) is 47.0 Å². The highest BCUT2D eigenvalue weighted by Crippen LogP contribution is 2.40. The fraction of sp³-hybridized carbons (Fsp3) is 0.455. The molecular formula is C22H27BrO4S. The summed E-state index contributed by atoms with van der Waals surface area (Å²) in [5.74, 6) is 1.85. The lowest BCUT2D eigenvalue weighted by atomic mass is 9.93. The van der Waals surface area contributed by atoms with Crippen LogP contribution in [0.15, 0.2) is 30.3 Å². The molecule has 0 unspecified atom stereocenters. The molecule has 28 heavy (non-hydrogen) atoms. The van der Waals surface area contributed by atoms with E-state index in [4.69, 9.17) is 9.47 Å². The number of alkyl halides is 1. The van der Waals surface area contributed by atoms with Gasteiger partial charge in [-0.3, -0.25) is 0 Å². The monoisotopic (exact) mass is 466 g/mol. The van der Waals surface area contributed by atoms with E-state index < -0.39 is 9.84 Å². The van der Waals surface area contributed by atoms with Crippen LogP contribution in [0, 0.1) is 13.8 Å². The Hall–Kier alpha value is -1.53. The van der Waals surface area contributed by atoms with Crippen LogP contribution in [0.3, 0.4) is 0 Å². The fourth-order valence-corrected chi connectivity index (χ4v) is 4.26. The number of sulfone groups is 1. The molecule has 1 fully saturated rings. The zero-order valence-corrected chi connectivity index (χ0v) is 19.0. The van der Waals surface area contributed by atoms with Crippen molar-refractivity contribution in [1.29, 1.82) is 0 Å². The van der Waals surface area contributed by atoms with E-state index in [-0.39, 0.29) is 5.75 Å². The van der Waals surface area contributed by atoms with Crippen LogP contribution >= 0.6 is 15.9 Å². The maximum atomic E-state index is 11.2. The van der Waals surface area contributed by atoms with Crippen molar-refractivity contribution in [2.45, 2.75) is 44.5 Å². The third-order valence-electron chi connectivity index (χ3n) is 4.72. The van der Waals surface area contributed by atoms with Crippen molar-refractivity contribution >= 4 is 25.8 Å². The second-order valence-corrected chi connectivity index (χ2v) is 10.4. The van der Waals surface area contributed by atoms with E-state index >= 15 is 0 Å². The molecule has 0 atom stereocenters. The molecule has 2 aromatic carbocycles. The molecule has 1 saturated carbocycles.